The number of benzene rings is 1. The van der Waals surface area contributed by atoms with E-state index in [0.29, 0.717) is 33.6 Å². The molecule has 0 N–H and O–H groups in total. The van der Waals surface area contributed by atoms with Gasteiger partial charge in [0.15, 0.2) is 5.65 Å². The molecule has 26 heavy (non-hydrogen) atoms. The standard InChI is InChI=1S/C18H15FN6O/c1-11(23-26-2)15-5-6-16-18(21-15)25(24-22-16)10-13-8-12-4-3-7-20-17(12)9-14(13)19/h3-9H,10H2,1-2H3/b23-11-. The van der Waals surface area contributed by atoms with Crippen LogP contribution in [0, 0.1) is 5.82 Å². The van der Waals surface area contributed by atoms with E-state index < -0.39 is 0 Å². The van der Waals surface area contributed by atoms with Crippen molar-refractivity contribution < 1.29 is 9.23 Å². The number of rotatable bonds is 4. The third-order valence-corrected chi connectivity index (χ3v) is 4.05. The summed E-state index contributed by atoms with van der Waals surface area (Å²) in [5.41, 5.74) is 3.56. The Morgan fingerprint density at radius 1 is 1.23 bits per heavy atom. The molecule has 0 spiro atoms. The van der Waals surface area contributed by atoms with Crippen LogP contribution < -0.4 is 0 Å². The highest BCUT2D eigenvalue weighted by atomic mass is 19.1. The van der Waals surface area contributed by atoms with Gasteiger partial charge in [-0.3, -0.25) is 4.98 Å². The van der Waals surface area contributed by atoms with Crippen molar-refractivity contribution in [2.24, 2.45) is 5.16 Å². The second-order valence-corrected chi connectivity index (χ2v) is 5.79. The van der Waals surface area contributed by atoms with Gasteiger partial charge in [0, 0.05) is 23.2 Å². The second-order valence-electron chi connectivity index (χ2n) is 5.79. The van der Waals surface area contributed by atoms with Crippen molar-refractivity contribution in [2.75, 3.05) is 7.11 Å². The highest BCUT2D eigenvalue weighted by Gasteiger charge is 2.12. The minimum Gasteiger partial charge on any atom is -0.399 e. The molecule has 7 nitrogen and oxygen atoms in total. The van der Waals surface area contributed by atoms with Crippen molar-refractivity contribution in [1.82, 2.24) is 25.0 Å². The first-order chi connectivity index (χ1) is 12.7. The van der Waals surface area contributed by atoms with Crippen LogP contribution >= 0.6 is 0 Å². The molecule has 0 atom stereocenters. The van der Waals surface area contributed by atoms with Crippen molar-refractivity contribution in [3.05, 3.63) is 59.7 Å². The fraction of sp³-hybridized carbons (Fsp3) is 0.167. The van der Waals surface area contributed by atoms with E-state index in [1.54, 1.807) is 36.0 Å². The summed E-state index contributed by atoms with van der Waals surface area (Å²) >= 11 is 0. The quantitative estimate of drug-likeness (QED) is 0.418. The van der Waals surface area contributed by atoms with E-state index in [0.717, 1.165) is 5.39 Å². The summed E-state index contributed by atoms with van der Waals surface area (Å²) in [6, 6.07) is 10.5. The summed E-state index contributed by atoms with van der Waals surface area (Å²) in [4.78, 5) is 13.5. The fourth-order valence-corrected chi connectivity index (χ4v) is 2.77. The molecule has 0 bridgehead atoms. The molecule has 0 saturated carbocycles. The van der Waals surface area contributed by atoms with E-state index in [2.05, 4.69) is 25.4 Å². The molecular weight excluding hydrogens is 335 g/mol. The molecule has 0 unspecified atom stereocenters. The van der Waals surface area contributed by atoms with Gasteiger partial charge in [-0.2, -0.15) is 0 Å². The second kappa shape index (κ2) is 6.47. The first-order valence-corrected chi connectivity index (χ1v) is 7.97. The number of pyridine rings is 2. The van der Waals surface area contributed by atoms with E-state index in [1.807, 2.05) is 12.1 Å². The summed E-state index contributed by atoms with van der Waals surface area (Å²) in [7, 11) is 1.48. The predicted molar refractivity (Wildman–Crippen MR) is 95.3 cm³/mol. The van der Waals surface area contributed by atoms with E-state index in [-0.39, 0.29) is 12.4 Å². The maximum atomic E-state index is 14.5. The summed E-state index contributed by atoms with van der Waals surface area (Å²) < 4.78 is 16.0. The zero-order valence-electron chi connectivity index (χ0n) is 14.2. The van der Waals surface area contributed by atoms with Gasteiger partial charge in [0.05, 0.1) is 17.8 Å². The average molecular weight is 350 g/mol. The van der Waals surface area contributed by atoms with Crippen LogP contribution in [0.5, 0.6) is 0 Å². The van der Waals surface area contributed by atoms with Gasteiger partial charge in [-0.15, -0.1) is 5.10 Å². The summed E-state index contributed by atoms with van der Waals surface area (Å²) in [6.45, 7) is 2.01. The Bertz CT molecular complexity index is 1140. The molecule has 0 saturated heterocycles. The van der Waals surface area contributed by atoms with Gasteiger partial charge in [0.25, 0.3) is 0 Å². The zero-order valence-corrected chi connectivity index (χ0v) is 14.2. The number of halogens is 1. The Kier molecular flexibility index (Phi) is 4.00. The van der Waals surface area contributed by atoms with Gasteiger partial charge in [0.1, 0.15) is 24.2 Å². The molecule has 0 aliphatic carbocycles. The minimum atomic E-state index is -0.340. The Morgan fingerprint density at radius 2 is 2.12 bits per heavy atom. The lowest BCUT2D eigenvalue weighted by Gasteiger charge is -2.06. The van der Waals surface area contributed by atoms with Gasteiger partial charge >= 0.3 is 0 Å². The van der Waals surface area contributed by atoms with Gasteiger partial charge < -0.3 is 4.84 Å². The number of oxime groups is 1. The topological polar surface area (TPSA) is 78.1 Å². The Labute approximate surface area is 148 Å². The van der Waals surface area contributed by atoms with Gasteiger partial charge in [-0.1, -0.05) is 16.4 Å². The minimum absolute atomic E-state index is 0.212. The third kappa shape index (κ3) is 2.85. The lowest BCUT2D eigenvalue weighted by atomic mass is 10.1. The molecule has 0 radical (unpaired) electrons. The monoisotopic (exact) mass is 350 g/mol. The fourth-order valence-electron chi connectivity index (χ4n) is 2.77. The van der Waals surface area contributed by atoms with Crippen molar-refractivity contribution >= 4 is 27.8 Å². The molecule has 130 valence electrons. The molecule has 0 aliphatic rings. The number of aromatic nitrogens is 5. The summed E-state index contributed by atoms with van der Waals surface area (Å²) in [5.74, 6) is -0.340. The summed E-state index contributed by atoms with van der Waals surface area (Å²) in [6.07, 6.45) is 1.64. The molecule has 1 aromatic carbocycles. The van der Waals surface area contributed by atoms with Crippen LogP contribution in [0.4, 0.5) is 4.39 Å². The van der Waals surface area contributed by atoms with Crippen LogP contribution in [0.25, 0.3) is 22.1 Å². The maximum absolute atomic E-state index is 14.5. The van der Waals surface area contributed by atoms with Crippen LogP contribution in [0.2, 0.25) is 0 Å². The largest absolute Gasteiger partial charge is 0.399 e. The van der Waals surface area contributed by atoms with Crippen LogP contribution in [-0.4, -0.2) is 37.8 Å². The van der Waals surface area contributed by atoms with Gasteiger partial charge in [0.2, 0.25) is 0 Å². The molecular formula is C18H15FN6O. The van der Waals surface area contributed by atoms with E-state index in [4.69, 9.17) is 4.84 Å². The van der Waals surface area contributed by atoms with Crippen molar-refractivity contribution in [3.63, 3.8) is 0 Å². The number of nitrogens with zero attached hydrogens (tertiary/aromatic N) is 6. The maximum Gasteiger partial charge on any atom is 0.179 e. The number of hydrogen-bond acceptors (Lipinski definition) is 6. The van der Waals surface area contributed by atoms with Crippen LogP contribution in [0.15, 0.2) is 47.8 Å². The SMILES string of the molecule is CO/N=C(/C)c1ccc2nnn(Cc3cc4cccnc4cc3F)c2n1. The molecule has 0 fully saturated rings. The lowest BCUT2D eigenvalue weighted by Crippen LogP contribution is -2.07. The first kappa shape index (κ1) is 16.1. The van der Waals surface area contributed by atoms with Gasteiger partial charge in [-0.25, -0.2) is 14.1 Å². The van der Waals surface area contributed by atoms with E-state index in [9.17, 15) is 4.39 Å². The van der Waals surface area contributed by atoms with Crippen molar-refractivity contribution in [2.45, 2.75) is 13.5 Å². The molecule has 0 amide bonds. The van der Waals surface area contributed by atoms with E-state index >= 15 is 0 Å². The highest BCUT2D eigenvalue weighted by molar-refractivity contribution is 5.97. The first-order valence-electron chi connectivity index (χ1n) is 7.97. The lowest BCUT2D eigenvalue weighted by molar-refractivity contribution is 0.213. The molecule has 4 rings (SSSR count). The normalized spacial score (nSPS) is 12.0. The number of fused-ring (bicyclic) bond motifs is 2. The smallest absolute Gasteiger partial charge is 0.179 e. The van der Waals surface area contributed by atoms with Gasteiger partial charge in [-0.05, 0) is 31.2 Å². The van der Waals surface area contributed by atoms with E-state index in [1.165, 1.54) is 13.2 Å². The van der Waals surface area contributed by atoms with Crippen molar-refractivity contribution in [3.8, 4) is 0 Å². The number of hydrogen-bond donors (Lipinski definition) is 0. The van der Waals surface area contributed by atoms with Crippen LogP contribution in [0.3, 0.4) is 0 Å². The molecule has 3 aromatic heterocycles. The Hall–Kier alpha value is -3.42. The van der Waals surface area contributed by atoms with Crippen molar-refractivity contribution in [1.29, 1.82) is 0 Å². The average Bonchev–Trinajstić information content (AvgIpc) is 3.04. The molecule has 3 heterocycles. The summed E-state index contributed by atoms with van der Waals surface area (Å²) in [5, 5.41) is 13.0. The third-order valence-electron chi connectivity index (χ3n) is 4.05. The molecule has 4 aromatic rings. The molecule has 0 aliphatic heterocycles. The predicted octanol–water partition coefficient (Wildman–Crippen LogP) is 2.93. The van der Waals surface area contributed by atoms with Crippen LogP contribution in [-0.2, 0) is 11.4 Å². The Morgan fingerprint density at radius 3 is 2.96 bits per heavy atom. The Balaban J connectivity index is 1.76. The molecule has 8 heteroatoms. The zero-order chi connectivity index (χ0) is 18.1. The van der Waals surface area contributed by atoms with Crippen LogP contribution in [0.1, 0.15) is 18.2 Å². The highest BCUT2D eigenvalue weighted by Crippen LogP contribution is 2.19.